The number of carbonyl (C=O) groups is 1. The number of hydrogen-bond acceptors (Lipinski definition) is 4. The van der Waals surface area contributed by atoms with E-state index >= 15 is 0 Å². The summed E-state index contributed by atoms with van der Waals surface area (Å²) in [4.78, 5) is 11.6. The SMILES string of the molecule is Cc1ccc(C(=O)OC2COCO2)cc1. The lowest BCUT2D eigenvalue weighted by Crippen LogP contribution is -2.19. The van der Waals surface area contributed by atoms with Gasteiger partial charge in [0.05, 0.1) is 5.56 Å². The Balaban J connectivity index is 1.98. The molecule has 1 fully saturated rings. The van der Waals surface area contributed by atoms with Crippen LogP contribution in [0.15, 0.2) is 24.3 Å². The molecule has 0 aliphatic carbocycles. The molecule has 0 spiro atoms. The van der Waals surface area contributed by atoms with E-state index in [-0.39, 0.29) is 12.8 Å². The van der Waals surface area contributed by atoms with Gasteiger partial charge in [-0.2, -0.15) is 0 Å². The minimum Gasteiger partial charge on any atom is -0.429 e. The standard InChI is InChI=1S/C11H12O4/c1-8-2-4-9(5-3-8)11(12)15-10-6-13-7-14-10/h2-5,10H,6-7H2,1H3. The zero-order chi connectivity index (χ0) is 10.7. The Hall–Kier alpha value is -1.39. The Labute approximate surface area is 87.8 Å². The van der Waals surface area contributed by atoms with E-state index in [4.69, 9.17) is 14.2 Å². The second kappa shape index (κ2) is 4.42. The van der Waals surface area contributed by atoms with Gasteiger partial charge in [-0.05, 0) is 19.1 Å². The van der Waals surface area contributed by atoms with Crippen molar-refractivity contribution in [3.8, 4) is 0 Å². The molecule has 0 saturated carbocycles. The highest BCUT2D eigenvalue weighted by atomic mass is 16.8. The highest BCUT2D eigenvalue weighted by Gasteiger charge is 2.21. The molecule has 1 unspecified atom stereocenters. The quantitative estimate of drug-likeness (QED) is 0.690. The topological polar surface area (TPSA) is 44.8 Å². The highest BCUT2D eigenvalue weighted by molar-refractivity contribution is 5.89. The van der Waals surface area contributed by atoms with Crippen molar-refractivity contribution in [1.82, 2.24) is 0 Å². The summed E-state index contributed by atoms with van der Waals surface area (Å²) in [6, 6.07) is 7.19. The molecule has 1 aromatic rings. The maximum absolute atomic E-state index is 11.6. The lowest BCUT2D eigenvalue weighted by molar-refractivity contribution is -0.0752. The van der Waals surface area contributed by atoms with Crippen LogP contribution in [0.5, 0.6) is 0 Å². The Morgan fingerprint density at radius 1 is 1.40 bits per heavy atom. The van der Waals surface area contributed by atoms with Crippen LogP contribution < -0.4 is 0 Å². The van der Waals surface area contributed by atoms with Gasteiger partial charge in [-0.15, -0.1) is 0 Å². The van der Waals surface area contributed by atoms with Crippen molar-refractivity contribution in [1.29, 1.82) is 0 Å². The van der Waals surface area contributed by atoms with Crippen LogP contribution in [0, 0.1) is 6.92 Å². The Morgan fingerprint density at radius 2 is 2.13 bits per heavy atom. The lowest BCUT2D eigenvalue weighted by atomic mass is 10.1. The van der Waals surface area contributed by atoms with Crippen LogP contribution in [0.25, 0.3) is 0 Å². The van der Waals surface area contributed by atoms with E-state index < -0.39 is 6.29 Å². The van der Waals surface area contributed by atoms with Gasteiger partial charge in [0.2, 0.25) is 6.29 Å². The van der Waals surface area contributed by atoms with Crippen molar-refractivity contribution in [3.63, 3.8) is 0 Å². The van der Waals surface area contributed by atoms with Gasteiger partial charge >= 0.3 is 5.97 Å². The molecule has 0 amide bonds. The summed E-state index contributed by atoms with van der Waals surface area (Å²) in [6.45, 7) is 2.45. The smallest absolute Gasteiger partial charge is 0.340 e. The third-order valence-corrected chi connectivity index (χ3v) is 2.12. The fourth-order valence-electron chi connectivity index (χ4n) is 1.26. The first kappa shape index (κ1) is 10.1. The Morgan fingerprint density at radius 3 is 2.73 bits per heavy atom. The van der Waals surface area contributed by atoms with Crippen LogP contribution in [-0.2, 0) is 14.2 Å². The molecule has 1 saturated heterocycles. The normalized spacial score (nSPS) is 20.2. The number of benzene rings is 1. The van der Waals surface area contributed by atoms with E-state index in [0.717, 1.165) is 5.56 Å². The molecule has 15 heavy (non-hydrogen) atoms. The number of aryl methyl sites for hydroxylation is 1. The number of rotatable bonds is 2. The number of ether oxygens (including phenoxy) is 3. The first-order chi connectivity index (χ1) is 7.25. The van der Waals surface area contributed by atoms with E-state index in [9.17, 15) is 4.79 Å². The maximum atomic E-state index is 11.6. The minimum absolute atomic E-state index is 0.186. The maximum Gasteiger partial charge on any atom is 0.340 e. The summed E-state index contributed by atoms with van der Waals surface area (Å²) in [5.41, 5.74) is 1.63. The molecule has 80 valence electrons. The summed E-state index contributed by atoms with van der Waals surface area (Å²) in [5, 5.41) is 0. The van der Waals surface area contributed by atoms with Gasteiger partial charge in [0, 0.05) is 0 Å². The fourth-order valence-corrected chi connectivity index (χ4v) is 1.26. The number of esters is 1. The average Bonchev–Trinajstić information content (AvgIpc) is 2.71. The molecular formula is C11H12O4. The molecule has 4 nitrogen and oxygen atoms in total. The minimum atomic E-state index is -0.571. The summed E-state index contributed by atoms with van der Waals surface area (Å²) in [6.07, 6.45) is -0.571. The first-order valence-electron chi connectivity index (χ1n) is 4.73. The van der Waals surface area contributed by atoms with Crippen LogP contribution in [0.1, 0.15) is 15.9 Å². The molecule has 4 heteroatoms. The molecule has 1 aromatic carbocycles. The van der Waals surface area contributed by atoms with Crippen LogP contribution in [-0.4, -0.2) is 25.7 Å². The van der Waals surface area contributed by atoms with Gasteiger partial charge in [0.1, 0.15) is 6.61 Å². The van der Waals surface area contributed by atoms with Gasteiger partial charge in [0.25, 0.3) is 0 Å². The molecule has 0 bridgehead atoms. The van der Waals surface area contributed by atoms with Gasteiger partial charge in [-0.3, -0.25) is 0 Å². The summed E-state index contributed by atoms with van der Waals surface area (Å²) >= 11 is 0. The number of hydrogen-bond donors (Lipinski definition) is 0. The van der Waals surface area contributed by atoms with Gasteiger partial charge in [-0.25, -0.2) is 4.79 Å². The Bertz CT molecular complexity index is 338. The van der Waals surface area contributed by atoms with E-state index in [0.29, 0.717) is 12.2 Å². The van der Waals surface area contributed by atoms with Crippen molar-refractivity contribution >= 4 is 5.97 Å². The molecule has 1 atom stereocenters. The number of carbonyl (C=O) groups excluding carboxylic acids is 1. The molecule has 2 rings (SSSR count). The largest absolute Gasteiger partial charge is 0.429 e. The molecule has 0 N–H and O–H groups in total. The van der Waals surface area contributed by atoms with Crippen LogP contribution >= 0.6 is 0 Å². The molecule has 1 heterocycles. The van der Waals surface area contributed by atoms with E-state index in [2.05, 4.69) is 0 Å². The van der Waals surface area contributed by atoms with Crippen LogP contribution in [0.3, 0.4) is 0 Å². The third-order valence-electron chi connectivity index (χ3n) is 2.12. The summed E-state index contributed by atoms with van der Waals surface area (Å²) < 4.78 is 15.0. The van der Waals surface area contributed by atoms with Crippen molar-refractivity contribution in [2.24, 2.45) is 0 Å². The third kappa shape index (κ3) is 2.55. The molecule has 1 aliphatic rings. The predicted molar refractivity (Wildman–Crippen MR) is 52.3 cm³/mol. The van der Waals surface area contributed by atoms with Crippen molar-refractivity contribution < 1.29 is 19.0 Å². The van der Waals surface area contributed by atoms with Gasteiger partial charge in [0.15, 0.2) is 6.79 Å². The zero-order valence-corrected chi connectivity index (χ0v) is 8.43. The zero-order valence-electron chi connectivity index (χ0n) is 8.43. The second-order valence-electron chi connectivity index (χ2n) is 3.36. The Kier molecular flexibility index (Phi) is 2.99. The van der Waals surface area contributed by atoms with Crippen LogP contribution in [0.2, 0.25) is 0 Å². The lowest BCUT2D eigenvalue weighted by Gasteiger charge is -2.09. The molecule has 1 aliphatic heterocycles. The second-order valence-corrected chi connectivity index (χ2v) is 3.36. The van der Waals surface area contributed by atoms with E-state index in [1.807, 2.05) is 19.1 Å². The predicted octanol–water partition coefficient (Wildman–Crippen LogP) is 1.48. The van der Waals surface area contributed by atoms with Crippen molar-refractivity contribution in [3.05, 3.63) is 35.4 Å². The monoisotopic (exact) mass is 208 g/mol. The fraction of sp³-hybridized carbons (Fsp3) is 0.364. The van der Waals surface area contributed by atoms with Crippen molar-refractivity contribution in [2.45, 2.75) is 13.2 Å². The average molecular weight is 208 g/mol. The summed E-state index contributed by atoms with van der Waals surface area (Å²) in [7, 11) is 0. The van der Waals surface area contributed by atoms with Crippen molar-refractivity contribution in [2.75, 3.05) is 13.4 Å². The summed E-state index contributed by atoms with van der Waals surface area (Å²) in [5.74, 6) is -0.384. The van der Waals surface area contributed by atoms with Gasteiger partial charge in [-0.1, -0.05) is 17.7 Å². The highest BCUT2D eigenvalue weighted by Crippen LogP contribution is 2.10. The molecule has 0 radical (unpaired) electrons. The van der Waals surface area contributed by atoms with E-state index in [1.54, 1.807) is 12.1 Å². The first-order valence-corrected chi connectivity index (χ1v) is 4.73. The molecule has 0 aromatic heterocycles. The molecular weight excluding hydrogens is 196 g/mol. The van der Waals surface area contributed by atoms with E-state index in [1.165, 1.54) is 0 Å². The van der Waals surface area contributed by atoms with Gasteiger partial charge < -0.3 is 14.2 Å². The van der Waals surface area contributed by atoms with Crippen LogP contribution in [0.4, 0.5) is 0 Å².